The van der Waals surface area contributed by atoms with E-state index in [0.717, 1.165) is 48.5 Å². The Morgan fingerprint density at radius 1 is 1.17 bits per heavy atom. The van der Waals surface area contributed by atoms with Crippen molar-refractivity contribution in [3.63, 3.8) is 0 Å². The van der Waals surface area contributed by atoms with Crippen molar-refractivity contribution in [2.24, 2.45) is 5.92 Å². The van der Waals surface area contributed by atoms with Gasteiger partial charge >= 0.3 is 5.97 Å². The predicted octanol–water partition coefficient (Wildman–Crippen LogP) is 4.63. The molecule has 3 rings (SSSR count). The Kier molecular flexibility index (Phi) is 6.75. The fourth-order valence-corrected chi connectivity index (χ4v) is 3.27. The summed E-state index contributed by atoms with van der Waals surface area (Å²) in [6.45, 7) is 7.18. The summed E-state index contributed by atoms with van der Waals surface area (Å²) in [5, 5.41) is 14.1. The number of aryl methyl sites for hydroxylation is 1. The van der Waals surface area contributed by atoms with E-state index in [1.54, 1.807) is 18.3 Å². The van der Waals surface area contributed by atoms with Crippen LogP contribution in [-0.2, 0) is 19.4 Å². The molecule has 29 heavy (non-hydrogen) atoms. The van der Waals surface area contributed by atoms with Gasteiger partial charge < -0.3 is 5.11 Å². The van der Waals surface area contributed by atoms with E-state index in [-0.39, 0.29) is 5.56 Å². The molecule has 0 amide bonds. The lowest BCUT2D eigenvalue weighted by Gasteiger charge is -2.08. The Morgan fingerprint density at radius 2 is 1.93 bits per heavy atom. The van der Waals surface area contributed by atoms with Gasteiger partial charge in [-0.25, -0.2) is 14.5 Å². The predicted molar refractivity (Wildman–Crippen MR) is 113 cm³/mol. The van der Waals surface area contributed by atoms with Crippen molar-refractivity contribution >= 4 is 5.97 Å². The van der Waals surface area contributed by atoms with Crippen LogP contribution in [0.1, 0.15) is 61.2 Å². The van der Waals surface area contributed by atoms with Crippen LogP contribution in [0, 0.1) is 5.92 Å². The molecule has 0 saturated heterocycles. The van der Waals surface area contributed by atoms with E-state index in [0.29, 0.717) is 18.2 Å². The van der Waals surface area contributed by atoms with E-state index in [2.05, 4.69) is 25.8 Å². The first-order chi connectivity index (χ1) is 14.0. The first-order valence-corrected chi connectivity index (χ1v) is 10.2. The molecular weight excluding hydrogens is 364 g/mol. The molecule has 0 unspecified atom stereocenters. The van der Waals surface area contributed by atoms with Gasteiger partial charge in [0.15, 0.2) is 5.82 Å². The molecule has 6 heteroatoms. The normalized spacial score (nSPS) is 11.2. The molecule has 152 valence electrons. The number of pyridine rings is 1. The Hall–Kier alpha value is -3.02. The molecule has 0 spiro atoms. The SMILES string of the molecule is CCCCc1nc(CC(C)C)nn1Cc1ccc(-c2ncccc2C(=O)O)cc1. The number of hydrogen-bond donors (Lipinski definition) is 1. The van der Waals surface area contributed by atoms with Crippen LogP contribution in [0.25, 0.3) is 11.3 Å². The summed E-state index contributed by atoms with van der Waals surface area (Å²) in [5.74, 6) is 1.48. The first kappa shape index (κ1) is 20.7. The molecule has 6 nitrogen and oxygen atoms in total. The molecule has 3 aromatic rings. The van der Waals surface area contributed by atoms with Crippen LogP contribution in [0.2, 0.25) is 0 Å². The van der Waals surface area contributed by atoms with Crippen LogP contribution >= 0.6 is 0 Å². The number of hydrogen-bond acceptors (Lipinski definition) is 4. The second-order valence-corrected chi connectivity index (χ2v) is 7.71. The van der Waals surface area contributed by atoms with Gasteiger partial charge in [0, 0.05) is 24.6 Å². The van der Waals surface area contributed by atoms with E-state index in [9.17, 15) is 9.90 Å². The zero-order valence-corrected chi connectivity index (χ0v) is 17.3. The first-order valence-electron chi connectivity index (χ1n) is 10.2. The number of rotatable bonds is 9. The van der Waals surface area contributed by atoms with Crippen molar-refractivity contribution in [3.05, 3.63) is 65.4 Å². The summed E-state index contributed by atoms with van der Waals surface area (Å²) in [7, 11) is 0. The average Bonchev–Trinajstić information content (AvgIpc) is 3.07. The van der Waals surface area contributed by atoms with Gasteiger partial charge in [-0.05, 0) is 30.0 Å². The number of nitrogens with zero attached hydrogens (tertiary/aromatic N) is 4. The summed E-state index contributed by atoms with van der Waals surface area (Å²) in [4.78, 5) is 20.5. The monoisotopic (exact) mass is 392 g/mol. The fraction of sp³-hybridized carbons (Fsp3) is 0.391. The van der Waals surface area contributed by atoms with Crippen LogP contribution in [0.3, 0.4) is 0 Å². The molecule has 2 heterocycles. The van der Waals surface area contributed by atoms with Gasteiger partial charge in [0.2, 0.25) is 0 Å². The molecule has 0 aliphatic heterocycles. The number of unbranched alkanes of at least 4 members (excludes halogenated alkanes) is 1. The third-order valence-electron chi connectivity index (χ3n) is 4.73. The standard InChI is InChI=1S/C23H28N4O2/c1-4-5-8-21-25-20(14-16(2)3)26-27(21)15-17-9-11-18(12-10-17)22-19(23(28)29)7-6-13-24-22/h6-7,9-13,16H,4-5,8,14-15H2,1-3H3,(H,28,29). The van der Waals surface area contributed by atoms with Gasteiger partial charge in [-0.15, -0.1) is 0 Å². The summed E-state index contributed by atoms with van der Waals surface area (Å²) in [5.41, 5.74) is 2.57. The van der Waals surface area contributed by atoms with Crippen molar-refractivity contribution in [2.75, 3.05) is 0 Å². The van der Waals surface area contributed by atoms with Gasteiger partial charge in [-0.2, -0.15) is 5.10 Å². The molecule has 0 aliphatic rings. The zero-order chi connectivity index (χ0) is 20.8. The number of carbonyl (C=O) groups is 1. The lowest BCUT2D eigenvalue weighted by Crippen LogP contribution is -2.07. The number of carboxylic acid groups (broad SMARTS) is 1. The van der Waals surface area contributed by atoms with Gasteiger partial charge in [0.25, 0.3) is 0 Å². The van der Waals surface area contributed by atoms with Gasteiger partial charge in [-0.1, -0.05) is 51.5 Å². The largest absolute Gasteiger partial charge is 0.478 e. The quantitative estimate of drug-likeness (QED) is 0.574. The number of aromatic carboxylic acids is 1. The minimum absolute atomic E-state index is 0.205. The summed E-state index contributed by atoms with van der Waals surface area (Å²) in [6.07, 6.45) is 5.63. The Labute approximate surface area is 171 Å². The van der Waals surface area contributed by atoms with Crippen LogP contribution in [-0.4, -0.2) is 30.8 Å². The van der Waals surface area contributed by atoms with Crippen LogP contribution in [0.4, 0.5) is 0 Å². The summed E-state index contributed by atoms with van der Waals surface area (Å²) in [6, 6.07) is 11.1. The highest BCUT2D eigenvalue weighted by atomic mass is 16.4. The zero-order valence-electron chi connectivity index (χ0n) is 17.3. The molecule has 0 fully saturated rings. The number of benzene rings is 1. The van der Waals surface area contributed by atoms with Crippen molar-refractivity contribution in [1.82, 2.24) is 19.7 Å². The van der Waals surface area contributed by atoms with Gasteiger partial charge in [0.05, 0.1) is 17.8 Å². The summed E-state index contributed by atoms with van der Waals surface area (Å²) >= 11 is 0. The molecular formula is C23H28N4O2. The van der Waals surface area contributed by atoms with E-state index in [4.69, 9.17) is 10.1 Å². The van der Waals surface area contributed by atoms with E-state index >= 15 is 0 Å². The second kappa shape index (κ2) is 9.45. The Morgan fingerprint density at radius 3 is 2.59 bits per heavy atom. The van der Waals surface area contributed by atoms with Crippen molar-refractivity contribution in [1.29, 1.82) is 0 Å². The van der Waals surface area contributed by atoms with E-state index < -0.39 is 5.97 Å². The second-order valence-electron chi connectivity index (χ2n) is 7.71. The highest BCUT2D eigenvalue weighted by Gasteiger charge is 2.14. The Bertz CT molecular complexity index is 961. The molecule has 0 aliphatic carbocycles. The molecule has 2 aromatic heterocycles. The molecule has 1 N–H and O–H groups in total. The topological polar surface area (TPSA) is 80.9 Å². The minimum atomic E-state index is -0.974. The van der Waals surface area contributed by atoms with Crippen molar-refractivity contribution in [2.45, 2.75) is 53.0 Å². The maximum Gasteiger partial charge on any atom is 0.337 e. The molecule has 0 atom stereocenters. The molecule has 0 radical (unpaired) electrons. The third kappa shape index (κ3) is 5.28. The van der Waals surface area contributed by atoms with Gasteiger partial charge in [0.1, 0.15) is 5.82 Å². The number of aromatic nitrogens is 4. The lowest BCUT2D eigenvalue weighted by molar-refractivity contribution is 0.0697. The highest BCUT2D eigenvalue weighted by molar-refractivity contribution is 5.94. The third-order valence-corrected chi connectivity index (χ3v) is 4.73. The van der Waals surface area contributed by atoms with Gasteiger partial charge in [-0.3, -0.25) is 4.98 Å². The lowest BCUT2D eigenvalue weighted by atomic mass is 10.0. The van der Waals surface area contributed by atoms with Crippen LogP contribution in [0.5, 0.6) is 0 Å². The van der Waals surface area contributed by atoms with Crippen LogP contribution < -0.4 is 0 Å². The maximum atomic E-state index is 11.4. The smallest absolute Gasteiger partial charge is 0.337 e. The van der Waals surface area contributed by atoms with E-state index in [1.165, 1.54) is 0 Å². The average molecular weight is 393 g/mol. The van der Waals surface area contributed by atoms with Crippen molar-refractivity contribution < 1.29 is 9.90 Å². The number of carboxylic acids is 1. The molecule has 1 aromatic carbocycles. The fourth-order valence-electron chi connectivity index (χ4n) is 3.27. The maximum absolute atomic E-state index is 11.4. The van der Waals surface area contributed by atoms with E-state index in [1.807, 2.05) is 28.9 Å². The summed E-state index contributed by atoms with van der Waals surface area (Å²) < 4.78 is 2.01. The highest BCUT2D eigenvalue weighted by Crippen LogP contribution is 2.22. The molecule has 0 bridgehead atoms. The Balaban J connectivity index is 1.83. The van der Waals surface area contributed by atoms with Crippen molar-refractivity contribution in [3.8, 4) is 11.3 Å². The molecule has 0 saturated carbocycles. The minimum Gasteiger partial charge on any atom is -0.478 e. The van der Waals surface area contributed by atoms with Crippen LogP contribution in [0.15, 0.2) is 42.6 Å².